The Kier molecular flexibility index (Phi) is 5.61. The molecule has 0 aliphatic rings. The van der Waals surface area contributed by atoms with E-state index in [4.69, 9.17) is 0 Å². The van der Waals surface area contributed by atoms with Crippen LogP contribution in [0.25, 0.3) is 0 Å². The van der Waals surface area contributed by atoms with Gasteiger partial charge in [0.05, 0.1) is 0 Å². The average molecular weight is 185 g/mol. The molecule has 1 N–H and O–H groups in total. The Labute approximate surface area is 85.8 Å². The van der Waals surface area contributed by atoms with Crippen molar-refractivity contribution >= 4 is 16.5 Å². The fourth-order valence-corrected chi connectivity index (χ4v) is 10.1. The minimum atomic E-state index is -1.47. The second-order valence-electron chi connectivity index (χ2n) is 4.83. The van der Waals surface area contributed by atoms with Crippen LogP contribution in [0.3, 0.4) is 0 Å². The maximum absolute atomic E-state index is 11.6. The molecule has 0 aliphatic carbocycles. The Morgan fingerprint density at radius 2 is 1.09 bits per heavy atom. The van der Waals surface area contributed by atoms with Crippen molar-refractivity contribution in [1.29, 1.82) is 0 Å². The summed E-state index contributed by atoms with van der Waals surface area (Å²) in [7, 11) is -2.95. The maximum Gasteiger partial charge on any atom is 1.00 e. The van der Waals surface area contributed by atoms with Gasteiger partial charge in [-0.1, -0.05) is 0 Å². The van der Waals surface area contributed by atoms with Crippen LogP contribution in [0.2, 0.25) is 39.3 Å². The summed E-state index contributed by atoms with van der Waals surface area (Å²) in [6, 6.07) is 0. The van der Waals surface area contributed by atoms with Gasteiger partial charge in [0.2, 0.25) is 0 Å². The van der Waals surface area contributed by atoms with E-state index >= 15 is 0 Å². The predicted molar refractivity (Wildman–Crippen MR) is 52.1 cm³/mol. The molecule has 0 atom stereocenters. The maximum atomic E-state index is 11.6. The Hall–Kier alpha value is 0.951. The predicted octanol–water partition coefficient (Wildman–Crippen LogP) is -1.84. The second kappa shape index (κ2) is 4.26. The molecule has 0 aromatic rings. The van der Waals surface area contributed by atoms with Crippen molar-refractivity contribution in [3.05, 3.63) is 5.21 Å². The van der Waals surface area contributed by atoms with E-state index in [0.717, 1.165) is 0 Å². The quantitative estimate of drug-likeness (QED) is 0.397. The van der Waals surface area contributed by atoms with Gasteiger partial charge in [-0.05, 0) is 39.3 Å². The monoisotopic (exact) mass is 185 g/mol. The molecule has 0 unspecified atom stereocenters. The fraction of sp³-hybridized carbons (Fsp3) is 1.00. The first-order valence-electron chi connectivity index (χ1n) is 3.70. The van der Waals surface area contributed by atoms with Gasteiger partial charge in [0.25, 0.3) is 16.5 Å². The van der Waals surface area contributed by atoms with Gasteiger partial charge < -0.3 is 11.0 Å². The van der Waals surface area contributed by atoms with Gasteiger partial charge in [-0.2, -0.15) is 0 Å². The molecule has 0 bridgehead atoms. The summed E-state index contributed by atoms with van der Waals surface area (Å²) in [5.74, 6) is 0. The van der Waals surface area contributed by atoms with Crippen molar-refractivity contribution in [2.75, 3.05) is 0 Å². The van der Waals surface area contributed by atoms with Gasteiger partial charge in [0, 0.05) is 0 Å². The number of quaternary nitrogens is 1. The first-order chi connectivity index (χ1) is 4.15. The van der Waals surface area contributed by atoms with Gasteiger partial charge in [0.1, 0.15) is 0 Å². The molecule has 0 spiro atoms. The van der Waals surface area contributed by atoms with E-state index in [1.807, 2.05) is 0 Å². The Bertz CT molecular complexity index is 110. The summed E-state index contributed by atoms with van der Waals surface area (Å²) in [6.45, 7) is 12.8. The third-order valence-corrected chi connectivity index (χ3v) is 8.59. The molecule has 0 fully saturated rings. The SMILES string of the molecule is C[Si](C)(C)[NH+]([O-])[Si](C)(C)C.[H-].[Li+]. The molecule has 0 heterocycles. The van der Waals surface area contributed by atoms with Crippen LogP contribution >= 0.6 is 0 Å². The van der Waals surface area contributed by atoms with Crippen LogP contribution in [0.5, 0.6) is 0 Å². The molecule has 0 saturated carbocycles. The van der Waals surface area contributed by atoms with Crippen LogP contribution in [0.4, 0.5) is 0 Å². The fourth-order valence-electron chi connectivity index (χ4n) is 1.12. The summed E-state index contributed by atoms with van der Waals surface area (Å²) >= 11 is 0. The minimum Gasteiger partial charge on any atom is -1.00 e. The van der Waals surface area contributed by atoms with Crippen LogP contribution < -0.4 is 23.3 Å². The number of hydrogen-bond donors (Lipinski definition) is 1. The van der Waals surface area contributed by atoms with Crippen molar-refractivity contribution in [3.8, 4) is 0 Å². The molecule has 11 heavy (non-hydrogen) atoms. The van der Waals surface area contributed by atoms with Crippen LogP contribution in [-0.2, 0) is 0 Å². The first kappa shape index (κ1) is 14.5. The zero-order chi connectivity index (χ0) is 8.58. The van der Waals surface area contributed by atoms with E-state index in [-0.39, 0.29) is 20.3 Å². The van der Waals surface area contributed by atoms with E-state index in [0.29, 0.717) is 4.39 Å². The topological polar surface area (TPSA) is 27.5 Å². The van der Waals surface area contributed by atoms with Crippen LogP contribution in [-0.4, -0.2) is 16.5 Å². The Morgan fingerprint density at radius 3 is 1.09 bits per heavy atom. The average Bonchev–Trinajstić information content (AvgIpc) is 1.59. The molecule has 2 nitrogen and oxygen atoms in total. The zero-order valence-electron chi connectivity index (χ0n) is 9.91. The molecule has 0 rings (SSSR count). The molecule has 5 heteroatoms. The van der Waals surface area contributed by atoms with E-state index in [1.165, 1.54) is 0 Å². The molecule has 0 radical (unpaired) electrons. The normalized spacial score (nSPS) is 13.1. The summed E-state index contributed by atoms with van der Waals surface area (Å²) < 4.78 is 0.597. The number of rotatable bonds is 2. The molecule has 0 saturated heterocycles. The number of hydrogen-bond acceptors (Lipinski definition) is 1. The molecular weight excluding hydrogens is 165 g/mol. The number of nitrogens with one attached hydrogen (secondary N) is 1. The van der Waals surface area contributed by atoms with Crippen molar-refractivity contribution in [2.24, 2.45) is 0 Å². The van der Waals surface area contributed by atoms with E-state index in [2.05, 4.69) is 39.3 Å². The smallest absolute Gasteiger partial charge is 1.00 e. The summed E-state index contributed by atoms with van der Waals surface area (Å²) in [5, 5.41) is 11.6. The van der Waals surface area contributed by atoms with E-state index in [1.54, 1.807) is 0 Å². The first-order valence-corrected chi connectivity index (χ1v) is 10.7. The third-order valence-electron chi connectivity index (χ3n) is 1.36. The Balaban J connectivity index is -0.000000405. The van der Waals surface area contributed by atoms with Crippen LogP contribution in [0.15, 0.2) is 0 Å². The summed E-state index contributed by atoms with van der Waals surface area (Å²) in [4.78, 5) is 0. The molecule has 0 amide bonds. The molecule has 64 valence electrons. The van der Waals surface area contributed by atoms with Crippen molar-refractivity contribution < 1.29 is 24.7 Å². The van der Waals surface area contributed by atoms with Gasteiger partial charge in [-0.3, -0.25) is 0 Å². The molecule has 0 aliphatic heterocycles. The second-order valence-corrected chi connectivity index (χ2v) is 15.2. The largest absolute Gasteiger partial charge is 1.00 e. The van der Waals surface area contributed by atoms with Crippen molar-refractivity contribution in [1.82, 2.24) is 0 Å². The molecule has 0 aromatic carbocycles. The summed E-state index contributed by atoms with van der Waals surface area (Å²) in [5.41, 5.74) is 0. The molecular formula is C6H20LiNOSi2. The van der Waals surface area contributed by atoms with Gasteiger partial charge in [0.15, 0.2) is 0 Å². The summed E-state index contributed by atoms with van der Waals surface area (Å²) in [6.07, 6.45) is 0. The van der Waals surface area contributed by atoms with Gasteiger partial charge in [-0.25, -0.2) is 0 Å². The van der Waals surface area contributed by atoms with Crippen molar-refractivity contribution in [3.63, 3.8) is 0 Å². The van der Waals surface area contributed by atoms with Gasteiger partial charge >= 0.3 is 18.9 Å². The van der Waals surface area contributed by atoms with Crippen LogP contribution in [0, 0.1) is 5.21 Å². The van der Waals surface area contributed by atoms with Crippen molar-refractivity contribution in [2.45, 2.75) is 39.3 Å². The Morgan fingerprint density at radius 1 is 0.909 bits per heavy atom. The standard InChI is InChI=1S/C6H19NOSi2.Li.H/c1-9(2,3)7(8)10(4,5)6;;/h7H,1-6H3;;/q;+1;-1. The van der Waals surface area contributed by atoms with E-state index in [9.17, 15) is 5.21 Å². The van der Waals surface area contributed by atoms with E-state index < -0.39 is 16.5 Å². The van der Waals surface area contributed by atoms with Crippen LogP contribution in [0.1, 0.15) is 1.43 Å². The molecule has 0 aromatic heterocycles. The van der Waals surface area contributed by atoms with Gasteiger partial charge in [-0.15, -0.1) is 0 Å². The third kappa shape index (κ3) is 5.23. The minimum absolute atomic E-state index is 0. The zero-order valence-corrected chi connectivity index (χ0v) is 10.9.